The van der Waals surface area contributed by atoms with E-state index in [9.17, 15) is 23.2 Å². The van der Waals surface area contributed by atoms with Crippen LogP contribution < -0.4 is 0 Å². The first kappa shape index (κ1) is 25.8. The number of ketones is 1. The Hall–Kier alpha value is -3.81. The summed E-state index contributed by atoms with van der Waals surface area (Å²) in [5.41, 5.74) is 2.54. The van der Waals surface area contributed by atoms with Crippen molar-refractivity contribution >= 4 is 17.7 Å². The fourth-order valence-corrected chi connectivity index (χ4v) is 4.29. The van der Waals surface area contributed by atoms with E-state index in [4.69, 9.17) is 4.74 Å². The van der Waals surface area contributed by atoms with Gasteiger partial charge < -0.3 is 14.2 Å². The molecular formula is C27H28F2N2O4. The normalized spacial score (nSPS) is 11.7. The zero-order chi connectivity index (χ0) is 25.9. The molecule has 8 heteroatoms. The summed E-state index contributed by atoms with van der Waals surface area (Å²) in [4.78, 5) is 41.0. The minimum absolute atomic E-state index is 0.0276. The van der Waals surface area contributed by atoms with E-state index in [1.807, 2.05) is 6.92 Å². The first-order valence-corrected chi connectivity index (χ1v) is 11.2. The first-order valence-electron chi connectivity index (χ1n) is 11.2. The predicted octanol–water partition coefficient (Wildman–Crippen LogP) is 5.10. The third-order valence-electron chi connectivity index (χ3n) is 6.17. The largest absolute Gasteiger partial charge is 0.464 e. The molecule has 0 bridgehead atoms. The number of carbonyl (C=O) groups excluding carboxylic acids is 3. The predicted molar refractivity (Wildman–Crippen MR) is 127 cm³/mol. The number of hydrogen-bond donors (Lipinski definition) is 0. The van der Waals surface area contributed by atoms with Gasteiger partial charge in [0, 0.05) is 29.9 Å². The second kappa shape index (κ2) is 10.6. The van der Waals surface area contributed by atoms with E-state index in [0.29, 0.717) is 28.9 Å². The van der Waals surface area contributed by atoms with Gasteiger partial charge in [0.15, 0.2) is 5.78 Å². The second-order valence-corrected chi connectivity index (χ2v) is 8.28. The van der Waals surface area contributed by atoms with Gasteiger partial charge in [0.2, 0.25) is 0 Å². The number of nitrogens with zero attached hydrogens (tertiary/aromatic N) is 2. The van der Waals surface area contributed by atoms with Crippen LogP contribution in [0.1, 0.15) is 61.9 Å². The summed E-state index contributed by atoms with van der Waals surface area (Å²) in [7, 11) is 1.28. The molecule has 3 rings (SSSR count). The lowest BCUT2D eigenvalue weighted by molar-refractivity contribution is 0.0586. The Kier molecular flexibility index (Phi) is 7.84. The molecule has 6 nitrogen and oxygen atoms in total. The quantitative estimate of drug-likeness (QED) is 0.331. The molecule has 1 heterocycles. The van der Waals surface area contributed by atoms with Crippen LogP contribution in [0.4, 0.5) is 8.78 Å². The van der Waals surface area contributed by atoms with E-state index in [2.05, 4.69) is 0 Å². The summed E-state index contributed by atoms with van der Waals surface area (Å²) < 4.78 is 33.5. The molecule has 184 valence electrons. The van der Waals surface area contributed by atoms with E-state index in [-0.39, 0.29) is 23.6 Å². The Bertz CT molecular complexity index is 1250. The minimum atomic E-state index is -0.937. The lowest BCUT2D eigenvalue weighted by atomic mass is 9.98. The maximum absolute atomic E-state index is 13.8. The number of Topliss-reactive ketones (excluding diaryl/α,β-unsaturated/α-hetero) is 1. The van der Waals surface area contributed by atoms with Crippen LogP contribution in [0.3, 0.4) is 0 Å². The number of rotatable bonds is 8. The van der Waals surface area contributed by atoms with Crippen molar-refractivity contribution in [1.82, 2.24) is 9.47 Å². The summed E-state index contributed by atoms with van der Waals surface area (Å²) in [6.45, 7) is 7.36. The van der Waals surface area contributed by atoms with Crippen molar-refractivity contribution in [3.8, 4) is 0 Å². The Balaban J connectivity index is 2.06. The Morgan fingerprint density at radius 2 is 1.51 bits per heavy atom. The molecule has 0 unspecified atom stereocenters. The number of benzene rings is 2. The monoisotopic (exact) mass is 482 g/mol. The highest BCUT2D eigenvalue weighted by molar-refractivity contribution is 6.07. The molecule has 1 atom stereocenters. The molecule has 1 aromatic heterocycles. The maximum atomic E-state index is 13.8. The van der Waals surface area contributed by atoms with E-state index >= 15 is 0 Å². The van der Waals surface area contributed by atoms with Gasteiger partial charge in [-0.3, -0.25) is 9.59 Å². The lowest BCUT2D eigenvalue weighted by Gasteiger charge is -2.29. The molecule has 3 aromatic rings. The number of hydrogen-bond acceptors (Lipinski definition) is 4. The zero-order valence-electron chi connectivity index (χ0n) is 20.4. The van der Waals surface area contributed by atoms with Gasteiger partial charge in [-0.1, -0.05) is 12.1 Å². The van der Waals surface area contributed by atoms with Crippen LogP contribution in [0.5, 0.6) is 0 Å². The van der Waals surface area contributed by atoms with Crippen molar-refractivity contribution in [1.29, 1.82) is 0 Å². The molecule has 0 radical (unpaired) electrons. The summed E-state index contributed by atoms with van der Waals surface area (Å²) in [6, 6.07) is 9.75. The average Bonchev–Trinajstić information content (AvgIpc) is 3.11. The molecule has 2 aromatic carbocycles. The molecule has 0 aliphatic heterocycles. The van der Waals surface area contributed by atoms with Crippen molar-refractivity contribution in [2.24, 2.45) is 0 Å². The molecule has 0 aliphatic carbocycles. The van der Waals surface area contributed by atoms with Gasteiger partial charge >= 0.3 is 5.97 Å². The fraction of sp³-hybridized carbons (Fsp3) is 0.296. The van der Waals surface area contributed by atoms with E-state index in [0.717, 1.165) is 0 Å². The standard InChI is InChI=1S/C27H28F2N2O4/c1-6-30-17(3)23(16(2)24(30)27(34)35-5)25(32)18(4)31(15-19-7-11-21(28)12-8-19)26(33)20-9-13-22(29)14-10-20/h7-14,18H,6,15H2,1-5H3/t18-/m0/s1. The lowest BCUT2D eigenvalue weighted by Crippen LogP contribution is -2.43. The average molecular weight is 483 g/mol. The molecule has 0 aliphatic rings. The van der Waals surface area contributed by atoms with Crippen molar-refractivity contribution in [3.63, 3.8) is 0 Å². The summed E-state index contributed by atoms with van der Waals surface area (Å²) in [5, 5.41) is 0. The summed E-state index contributed by atoms with van der Waals surface area (Å²) in [5.74, 6) is -2.29. The van der Waals surface area contributed by atoms with Crippen LogP contribution in [0.2, 0.25) is 0 Å². The third kappa shape index (κ3) is 5.16. The highest BCUT2D eigenvalue weighted by atomic mass is 19.1. The van der Waals surface area contributed by atoms with Gasteiger partial charge in [-0.15, -0.1) is 0 Å². The Labute approximate surface area is 203 Å². The molecule has 1 amide bonds. The van der Waals surface area contributed by atoms with Crippen LogP contribution >= 0.6 is 0 Å². The van der Waals surface area contributed by atoms with Gasteiger partial charge in [0.05, 0.1) is 13.2 Å². The molecule has 0 saturated heterocycles. The van der Waals surface area contributed by atoms with Gasteiger partial charge in [0.1, 0.15) is 17.3 Å². The van der Waals surface area contributed by atoms with Crippen LogP contribution in [-0.4, -0.2) is 40.3 Å². The van der Waals surface area contributed by atoms with Crippen molar-refractivity contribution in [3.05, 3.63) is 93.8 Å². The van der Waals surface area contributed by atoms with Gasteiger partial charge in [-0.2, -0.15) is 0 Å². The van der Waals surface area contributed by atoms with Crippen LogP contribution in [0.25, 0.3) is 0 Å². The second-order valence-electron chi connectivity index (χ2n) is 8.28. The molecular weight excluding hydrogens is 454 g/mol. The van der Waals surface area contributed by atoms with Crippen LogP contribution in [-0.2, 0) is 17.8 Å². The van der Waals surface area contributed by atoms with E-state index < -0.39 is 29.6 Å². The Morgan fingerprint density at radius 1 is 0.971 bits per heavy atom. The topological polar surface area (TPSA) is 68.6 Å². The van der Waals surface area contributed by atoms with Crippen molar-refractivity contribution in [2.45, 2.75) is 46.8 Å². The highest BCUT2D eigenvalue weighted by Crippen LogP contribution is 2.27. The van der Waals surface area contributed by atoms with E-state index in [1.54, 1.807) is 25.3 Å². The number of ether oxygens (including phenoxy) is 1. The first-order chi connectivity index (χ1) is 16.6. The Morgan fingerprint density at radius 3 is 2.03 bits per heavy atom. The fourth-order valence-electron chi connectivity index (χ4n) is 4.29. The van der Waals surface area contributed by atoms with Crippen LogP contribution in [0.15, 0.2) is 48.5 Å². The number of halogens is 2. The van der Waals surface area contributed by atoms with Crippen molar-refractivity contribution < 1.29 is 27.9 Å². The van der Waals surface area contributed by atoms with Gasteiger partial charge in [-0.05, 0) is 75.2 Å². The molecule has 0 saturated carbocycles. The number of esters is 1. The summed E-state index contributed by atoms with van der Waals surface area (Å²) in [6.07, 6.45) is 0. The minimum Gasteiger partial charge on any atom is -0.464 e. The smallest absolute Gasteiger partial charge is 0.354 e. The molecule has 35 heavy (non-hydrogen) atoms. The zero-order valence-corrected chi connectivity index (χ0v) is 20.4. The van der Waals surface area contributed by atoms with Crippen LogP contribution in [0, 0.1) is 25.5 Å². The van der Waals surface area contributed by atoms with Crippen molar-refractivity contribution in [2.75, 3.05) is 7.11 Å². The summed E-state index contributed by atoms with van der Waals surface area (Å²) >= 11 is 0. The van der Waals surface area contributed by atoms with E-state index in [1.165, 1.54) is 60.5 Å². The third-order valence-corrected chi connectivity index (χ3v) is 6.17. The maximum Gasteiger partial charge on any atom is 0.354 e. The number of amides is 1. The molecule has 0 N–H and O–H groups in total. The molecule has 0 fully saturated rings. The number of carbonyl (C=O) groups is 3. The molecule has 0 spiro atoms. The SMILES string of the molecule is CCn1c(C)c(C(=O)[C@H](C)N(Cc2ccc(F)cc2)C(=O)c2ccc(F)cc2)c(C)c1C(=O)OC. The van der Waals surface area contributed by atoms with Gasteiger partial charge in [-0.25, -0.2) is 13.6 Å². The van der Waals surface area contributed by atoms with Gasteiger partial charge in [0.25, 0.3) is 5.91 Å². The number of methoxy groups -OCH3 is 1. The highest BCUT2D eigenvalue weighted by Gasteiger charge is 2.33. The number of aromatic nitrogens is 1.